The summed E-state index contributed by atoms with van der Waals surface area (Å²) >= 11 is 0. The second-order valence-corrected chi connectivity index (χ2v) is 5.26. The minimum absolute atomic E-state index is 0.105. The van der Waals surface area contributed by atoms with Gasteiger partial charge in [0.1, 0.15) is 0 Å². The second-order valence-electron chi connectivity index (χ2n) is 5.26. The largest absolute Gasteiger partial charge is 0.375 e. The maximum Gasteiger partial charge on any atom is 0.224 e. The van der Waals surface area contributed by atoms with Gasteiger partial charge in [-0.25, -0.2) is 0 Å². The fraction of sp³-hybridized carbons (Fsp3) is 0.533. The van der Waals surface area contributed by atoms with Crippen LogP contribution in [-0.4, -0.2) is 36.1 Å². The molecule has 3 atom stereocenters. The lowest BCUT2D eigenvalue weighted by molar-refractivity contribution is -0.143. The predicted molar refractivity (Wildman–Crippen MR) is 74.6 cm³/mol. The highest BCUT2D eigenvalue weighted by Crippen LogP contribution is 2.18. The number of benzene rings is 1. The van der Waals surface area contributed by atoms with Crippen LogP contribution in [0.2, 0.25) is 0 Å². The van der Waals surface area contributed by atoms with Crippen molar-refractivity contribution < 1.29 is 9.53 Å². The molecular formula is C15H22N2O2. The summed E-state index contributed by atoms with van der Waals surface area (Å²) < 4.78 is 5.53. The number of nitrogens with two attached hydrogens (primary N) is 1. The average molecular weight is 262 g/mol. The van der Waals surface area contributed by atoms with Crippen LogP contribution in [0.25, 0.3) is 0 Å². The van der Waals surface area contributed by atoms with Gasteiger partial charge in [-0.2, -0.15) is 0 Å². The fourth-order valence-electron chi connectivity index (χ4n) is 2.37. The van der Waals surface area contributed by atoms with Crippen LogP contribution in [0, 0.1) is 0 Å². The van der Waals surface area contributed by atoms with Crippen molar-refractivity contribution in [3.8, 4) is 0 Å². The molecule has 0 unspecified atom stereocenters. The third-order valence-electron chi connectivity index (χ3n) is 3.55. The zero-order valence-electron chi connectivity index (χ0n) is 11.6. The van der Waals surface area contributed by atoms with Crippen molar-refractivity contribution in [3.05, 3.63) is 35.9 Å². The van der Waals surface area contributed by atoms with Crippen molar-refractivity contribution in [2.45, 2.75) is 38.5 Å². The number of hydrogen-bond acceptors (Lipinski definition) is 3. The van der Waals surface area contributed by atoms with E-state index in [0.717, 1.165) is 5.56 Å². The Balaban J connectivity index is 1.96. The zero-order chi connectivity index (χ0) is 13.8. The first kappa shape index (κ1) is 14.0. The minimum Gasteiger partial charge on any atom is -0.375 e. The molecular weight excluding hydrogens is 240 g/mol. The smallest absolute Gasteiger partial charge is 0.224 e. The SMILES string of the molecule is C[C@@H]1CN(C(=O)C[C@@H](N)c2ccccc2)[C@@H](C)CO1. The monoisotopic (exact) mass is 262 g/mol. The van der Waals surface area contributed by atoms with Crippen LogP contribution in [0.4, 0.5) is 0 Å². The van der Waals surface area contributed by atoms with E-state index in [2.05, 4.69) is 0 Å². The molecule has 1 aliphatic heterocycles. The van der Waals surface area contributed by atoms with Gasteiger partial charge in [-0.1, -0.05) is 30.3 Å². The molecule has 19 heavy (non-hydrogen) atoms. The second kappa shape index (κ2) is 6.17. The number of morpholine rings is 1. The molecule has 1 aromatic rings. The van der Waals surface area contributed by atoms with Crippen LogP contribution in [-0.2, 0) is 9.53 Å². The summed E-state index contributed by atoms with van der Waals surface area (Å²) in [7, 11) is 0. The van der Waals surface area contributed by atoms with Gasteiger partial charge in [-0.15, -0.1) is 0 Å². The Morgan fingerprint density at radius 3 is 2.79 bits per heavy atom. The molecule has 1 fully saturated rings. The number of hydrogen-bond donors (Lipinski definition) is 1. The lowest BCUT2D eigenvalue weighted by Gasteiger charge is -2.37. The number of carbonyl (C=O) groups excluding carboxylic acids is 1. The van der Waals surface area contributed by atoms with Crippen LogP contribution in [0.1, 0.15) is 31.9 Å². The first-order valence-corrected chi connectivity index (χ1v) is 6.79. The minimum atomic E-state index is -0.237. The van der Waals surface area contributed by atoms with E-state index < -0.39 is 0 Å². The van der Waals surface area contributed by atoms with Crippen LogP contribution in [0.15, 0.2) is 30.3 Å². The van der Waals surface area contributed by atoms with Gasteiger partial charge in [0.25, 0.3) is 0 Å². The third kappa shape index (κ3) is 3.55. The van der Waals surface area contributed by atoms with Crippen LogP contribution in [0.5, 0.6) is 0 Å². The summed E-state index contributed by atoms with van der Waals surface area (Å²) in [6, 6.07) is 9.65. The Kier molecular flexibility index (Phi) is 4.56. The van der Waals surface area contributed by atoms with Crippen LogP contribution >= 0.6 is 0 Å². The van der Waals surface area contributed by atoms with Gasteiger partial charge >= 0.3 is 0 Å². The molecule has 0 spiro atoms. The Labute approximate surface area is 114 Å². The summed E-state index contributed by atoms with van der Waals surface area (Å²) in [4.78, 5) is 14.2. The molecule has 1 saturated heterocycles. The van der Waals surface area contributed by atoms with Crippen molar-refractivity contribution in [1.29, 1.82) is 0 Å². The standard InChI is InChI=1S/C15H22N2O2/c1-11-10-19-12(2)9-17(11)15(18)8-14(16)13-6-4-3-5-7-13/h3-7,11-12,14H,8-10,16H2,1-2H3/t11-,12+,14+/m0/s1. The first-order chi connectivity index (χ1) is 9.08. The highest BCUT2D eigenvalue weighted by atomic mass is 16.5. The van der Waals surface area contributed by atoms with Crippen molar-refractivity contribution in [2.75, 3.05) is 13.2 Å². The predicted octanol–water partition coefficient (Wildman–Crippen LogP) is 1.71. The molecule has 1 aliphatic rings. The van der Waals surface area contributed by atoms with E-state index in [1.54, 1.807) is 0 Å². The van der Waals surface area contributed by atoms with E-state index >= 15 is 0 Å². The molecule has 2 rings (SSSR count). The molecule has 104 valence electrons. The number of amides is 1. The number of carbonyl (C=O) groups is 1. The molecule has 1 aromatic carbocycles. The summed E-state index contributed by atoms with van der Waals surface area (Å²) in [5, 5.41) is 0. The zero-order valence-corrected chi connectivity index (χ0v) is 11.6. The van der Waals surface area contributed by atoms with Gasteiger partial charge in [-0.3, -0.25) is 4.79 Å². The van der Waals surface area contributed by atoms with Crippen molar-refractivity contribution in [1.82, 2.24) is 4.90 Å². The van der Waals surface area contributed by atoms with Crippen molar-refractivity contribution in [3.63, 3.8) is 0 Å². The van der Waals surface area contributed by atoms with Gasteiger partial charge in [0, 0.05) is 19.0 Å². The molecule has 0 bridgehead atoms. The highest BCUT2D eigenvalue weighted by molar-refractivity contribution is 5.77. The van der Waals surface area contributed by atoms with Gasteiger partial charge in [0.05, 0.1) is 18.8 Å². The lowest BCUT2D eigenvalue weighted by atomic mass is 10.0. The topological polar surface area (TPSA) is 55.6 Å². The number of rotatable bonds is 3. The number of nitrogens with zero attached hydrogens (tertiary/aromatic N) is 1. The molecule has 0 aromatic heterocycles. The molecule has 1 heterocycles. The quantitative estimate of drug-likeness (QED) is 0.902. The first-order valence-electron chi connectivity index (χ1n) is 6.79. The van der Waals surface area contributed by atoms with Gasteiger partial charge in [0.15, 0.2) is 0 Å². The van der Waals surface area contributed by atoms with Gasteiger partial charge < -0.3 is 15.4 Å². The molecule has 0 aliphatic carbocycles. The molecule has 1 amide bonds. The van der Waals surface area contributed by atoms with Crippen LogP contribution < -0.4 is 5.73 Å². The van der Waals surface area contributed by atoms with E-state index in [1.807, 2.05) is 49.1 Å². The number of ether oxygens (including phenoxy) is 1. The van der Waals surface area contributed by atoms with Gasteiger partial charge in [-0.05, 0) is 19.4 Å². The molecule has 0 saturated carbocycles. The molecule has 4 nitrogen and oxygen atoms in total. The van der Waals surface area contributed by atoms with E-state index in [9.17, 15) is 4.79 Å². The maximum atomic E-state index is 12.3. The fourth-order valence-corrected chi connectivity index (χ4v) is 2.37. The lowest BCUT2D eigenvalue weighted by Crippen LogP contribution is -2.50. The van der Waals surface area contributed by atoms with Gasteiger partial charge in [0.2, 0.25) is 5.91 Å². The Morgan fingerprint density at radius 1 is 1.42 bits per heavy atom. The third-order valence-corrected chi connectivity index (χ3v) is 3.55. The summed E-state index contributed by atoms with van der Waals surface area (Å²) in [6.07, 6.45) is 0.453. The van der Waals surface area contributed by atoms with E-state index in [1.165, 1.54) is 0 Å². The molecule has 4 heteroatoms. The van der Waals surface area contributed by atoms with E-state index in [-0.39, 0.29) is 24.1 Å². The van der Waals surface area contributed by atoms with Crippen molar-refractivity contribution in [2.24, 2.45) is 5.73 Å². The Hall–Kier alpha value is -1.39. The molecule has 0 radical (unpaired) electrons. The summed E-state index contributed by atoms with van der Waals surface area (Å²) in [6.45, 7) is 5.26. The van der Waals surface area contributed by atoms with E-state index in [4.69, 9.17) is 10.5 Å². The summed E-state index contributed by atoms with van der Waals surface area (Å²) in [5.74, 6) is 0.110. The molecule has 2 N–H and O–H groups in total. The Morgan fingerprint density at radius 2 is 2.11 bits per heavy atom. The van der Waals surface area contributed by atoms with Crippen molar-refractivity contribution >= 4 is 5.91 Å². The average Bonchev–Trinajstić information content (AvgIpc) is 2.42. The maximum absolute atomic E-state index is 12.3. The highest BCUT2D eigenvalue weighted by Gasteiger charge is 2.28. The Bertz CT molecular complexity index is 421. The van der Waals surface area contributed by atoms with E-state index in [0.29, 0.717) is 19.6 Å². The normalized spacial score (nSPS) is 25.1. The summed E-state index contributed by atoms with van der Waals surface area (Å²) in [5.41, 5.74) is 7.11. The van der Waals surface area contributed by atoms with Crippen LogP contribution in [0.3, 0.4) is 0 Å².